The SMILES string of the molecule is CC(C)(ON=C(C(=O)N[C@H]1C(=O)N(S(=O)(=O)O)[C@@H]1CNC(=O)NCc1cc(=O)c(O)cn1O)c1csc(N)n1)C(=O)O. The van der Waals surface area contributed by atoms with E-state index in [4.69, 9.17) is 10.6 Å². The van der Waals surface area contributed by atoms with Crippen molar-refractivity contribution >= 4 is 56.3 Å². The van der Waals surface area contributed by atoms with Crippen molar-refractivity contribution in [1.82, 2.24) is 30.0 Å². The summed E-state index contributed by atoms with van der Waals surface area (Å²) < 4.78 is 33.4. The maximum Gasteiger partial charge on any atom is 0.362 e. The van der Waals surface area contributed by atoms with Gasteiger partial charge < -0.3 is 41.9 Å². The van der Waals surface area contributed by atoms with E-state index in [1.165, 1.54) is 5.38 Å². The molecule has 22 heteroatoms. The molecule has 20 nitrogen and oxygen atoms in total. The Morgan fingerprint density at radius 3 is 2.50 bits per heavy atom. The van der Waals surface area contributed by atoms with Crippen molar-refractivity contribution in [1.29, 1.82) is 0 Å². The Morgan fingerprint density at radius 2 is 1.93 bits per heavy atom. The van der Waals surface area contributed by atoms with Crippen molar-refractivity contribution < 1.29 is 52.4 Å². The van der Waals surface area contributed by atoms with Crippen LogP contribution < -0.4 is 27.1 Å². The van der Waals surface area contributed by atoms with Crippen molar-refractivity contribution in [3.63, 3.8) is 0 Å². The summed E-state index contributed by atoms with van der Waals surface area (Å²) in [5.41, 5.74) is 1.93. The van der Waals surface area contributed by atoms with Gasteiger partial charge in [-0.3, -0.25) is 18.9 Å². The molecule has 0 bridgehead atoms. The molecule has 42 heavy (non-hydrogen) atoms. The Bertz CT molecular complexity index is 1620. The first-order valence-corrected chi connectivity index (χ1v) is 13.7. The van der Waals surface area contributed by atoms with E-state index in [2.05, 4.69) is 26.1 Å². The molecule has 1 fully saturated rings. The highest BCUT2D eigenvalue weighted by Crippen LogP contribution is 2.24. The number of nitrogen functional groups attached to an aromatic ring is 1. The number of anilines is 1. The number of thiazole rings is 1. The Kier molecular flexibility index (Phi) is 8.93. The van der Waals surface area contributed by atoms with Crippen LogP contribution in [0.5, 0.6) is 5.75 Å². The van der Waals surface area contributed by atoms with Gasteiger partial charge in [0.05, 0.1) is 24.5 Å². The number of amides is 4. The minimum Gasteiger partial charge on any atom is -0.503 e. The summed E-state index contributed by atoms with van der Waals surface area (Å²) in [7, 11) is -5.14. The van der Waals surface area contributed by atoms with Crippen LogP contribution in [-0.2, 0) is 36.1 Å². The number of carboxylic acid groups (broad SMARTS) is 1. The van der Waals surface area contributed by atoms with E-state index < -0.39 is 81.8 Å². The quantitative estimate of drug-likeness (QED) is 0.0415. The van der Waals surface area contributed by atoms with Gasteiger partial charge in [-0.2, -0.15) is 13.1 Å². The van der Waals surface area contributed by atoms with Gasteiger partial charge in [0, 0.05) is 18.0 Å². The van der Waals surface area contributed by atoms with E-state index in [0.29, 0.717) is 10.9 Å². The second-order valence-corrected chi connectivity index (χ2v) is 11.1. The third-order valence-corrected chi connectivity index (χ3v) is 7.18. The number of carboxylic acids is 1. The minimum atomic E-state index is -5.14. The topological polar surface area (TPSA) is 305 Å². The summed E-state index contributed by atoms with van der Waals surface area (Å²) in [5.74, 6) is -4.63. The zero-order chi connectivity index (χ0) is 31.6. The number of aromatic nitrogens is 2. The summed E-state index contributed by atoms with van der Waals surface area (Å²) in [6.45, 7) is 1.18. The van der Waals surface area contributed by atoms with E-state index in [9.17, 15) is 52.4 Å². The lowest BCUT2D eigenvalue weighted by molar-refractivity contribution is -0.161. The Balaban J connectivity index is 1.76. The number of nitrogens with one attached hydrogen (secondary N) is 3. The van der Waals surface area contributed by atoms with Crippen LogP contribution in [0.1, 0.15) is 25.2 Å². The smallest absolute Gasteiger partial charge is 0.362 e. The molecule has 1 saturated heterocycles. The molecule has 0 aromatic carbocycles. The fraction of sp³-hybridized carbons (Fsp3) is 0.350. The minimum absolute atomic E-state index is 0.00106. The first-order chi connectivity index (χ1) is 19.4. The molecular weight excluding hydrogens is 608 g/mol. The highest BCUT2D eigenvalue weighted by molar-refractivity contribution is 7.84. The van der Waals surface area contributed by atoms with Crippen LogP contribution in [-0.4, -0.2) is 96.2 Å². The number of oxime groups is 1. The number of carbonyl (C=O) groups is 4. The molecule has 4 amide bonds. The Hall–Kier alpha value is -4.96. The third kappa shape index (κ3) is 7.02. The molecule has 2 aromatic rings. The lowest BCUT2D eigenvalue weighted by Crippen LogP contribution is -2.74. The zero-order valence-corrected chi connectivity index (χ0v) is 23.2. The van der Waals surface area contributed by atoms with Crippen molar-refractivity contribution in [3.8, 4) is 5.75 Å². The van der Waals surface area contributed by atoms with Crippen molar-refractivity contribution in [2.45, 2.75) is 38.1 Å². The normalized spacial score (nSPS) is 17.3. The molecule has 0 aliphatic carbocycles. The van der Waals surface area contributed by atoms with Gasteiger partial charge in [-0.1, -0.05) is 5.16 Å². The van der Waals surface area contributed by atoms with E-state index in [1.54, 1.807) is 0 Å². The lowest BCUT2D eigenvalue weighted by Gasteiger charge is -2.44. The maximum absolute atomic E-state index is 13.1. The Labute approximate surface area is 239 Å². The highest BCUT2D eigenvalue weighted by Gasteiger charge is 2.54. The second kappa shape index (κ2) is 11.9. The van der Waals surface area contributed by atoms with Gasteiger partial charge in [-0.25, -0.2) is 18.9 Å². The van der Waals surface area contributed by atoms with Gasteiger partial charge in [0.25, 0.3) is 11.8 Å². The lowest BCUT2D eigenvalue weighted by atomic mass is 9.98. The average molecular weight is 633 g/mol. The molecule has 0 radical (unpaired) electrons. The summed E-state index contributed by atoms with van der Waals surface area (Å²) in [6, 6.07) is -3.35. The number of nitrogens with zero attached hydrogens (tertiary/aromatic N) is 4. The summed E-state index contributed by atoms with van der Waals surface area (Å²) >= 11 is 0.895. The van der Waals surface area contributed by atoms with Gasteiger partial charge in [0.2, 0.25) is 11.0 Å². The van der Waals surface area contributed by atoms with Gasteiger partial charge >= 0.3 is 22.3 Å². The van der Waals surface area contributed by atoms with Gasteiger partial charge in [-0.05, 0) is 13.8 Å². The van der Waals surface area contributed by atoms with Crippen LogP contribution in [0.25, 0.3) is 0 Å². The van der Waals surface area contributed by atoms with Crippen molar-refractivity contribution in [2.24, 2.45) is 5.16 Å². The second-order valence-electron chi connectivity index (χ2n) is 8.97. The van der Waals surface area contributed by atoms with Crippen LogP contribution in [0.3, 0.4) is 0 Å². The summed E-state index contributed by atoms with van der Waals surface area (Å²) in [6.07, 6.45) is 0.694. The highest BCUT2D eigenvalue weighted by atomic mass is 32.2. The average Bonchev–Trinajstić information content (AvgIpc) is 3.30. The van der Waals surface area contributed by atoms with E-state index in [-0.39, 0.29) is 20.8 Å². The molecule has 1 aliphatic heterocycles. The van der Waals surface area contributed by atoms with E-state index in [1.807, 2.05) is 0 Å². The van der Waals surface area contributed by atoms with Crippen LogP contribution in [0.2, 0.25) is 0 Å². The number of β-lactam (4-membered cyclic amide) rings is 1. The fourth-order valence-electron chi connectivity index (χ4n) is 3.29. The van der Waals surface area contributed by atoms with Crippen molar-refractivity contribution in [3.05, 3.63) is 39.3 Å². The largest absolute Gasteiger partial charge is 0.503 e. The molecule has 228 valence electrons. The number of nitrogens with two attached hydrogens (primary N) is 1. The first-order valence-electron chi connectivity index (χ1n) is 11.4. The Morgan fingerprint density at radius 1 is 1.26 bits per heavy atom. The molecule has 3 heterocycles. The maximum atomic E-state index is 13.1. The molecule has 0 saturated carbocycles. The molecule has 0 unspecified atom stereocenters. The van der Waals surface area contributed by atoms with Gasteiger partial charge in [0.1, 0.15) is 11.7 Å². The van der Waals surface area contributed by atoms with E-state index in [0.717, 1.165) is 31.3 Å². The number of urea groups is 1. The molecule has 9 N–H and O–H groups in total. The number of carbonyl (C=O) groups excluding carboxylic acids is 3. The molecule has 0 spiro atoms. The molecule has 1 aliphatic rings. The van der Waals surface area contributed by atoms with Crippen LogP contribution in [0.4, 0.5) is 9.93 Å². The van der Waals surface area contributed by atoms with Gasteiger partial charge in [0.15, 0.2) is 16.6 Å². The zero-order valence-electron chi connectivity index (χ0n) is 21.5. The number of aliphatic carboxylic acids is 1. The number of hydrogen-bond donors (Lipinski definition) is 8. The van der Waals surface area contributed by atoms with E-state index >= 15 is 0 Å². The van der Waals surface area contributed by atoms with Crippen LogP contribution in [0.15, 0.2) is 27.6 Å². The standard InChI is InChI=1S/C20H24N8O12S2/c1-20(2,17(33)34)40-26-13(9-7-41-18(21)24-9)15(31)25-14-10(28(16(14)32)42(37,38)39)5-23-19(35)22-4-8-3-11(29)12(30)6-27(8)36/h3,6-7,10,14,30,36H,4-5H2,1-2H3,(H2,21,24)(H,25,31)(H,33,34)(H2,22,23,35)(H,37,38,39)/t10-,14-/m1/s1. The fourth-order valence-corrected chi connectivity index (χ4v) is 4.71. The monoisotopic (exact) mass is 632 g/mol. The van der Waals surface area contributed by atoms with Crippen LogP contribution >= 0.6 is 11.3 Å². The number of rotatable bonds is 11. The number of pyridine rings is 1. The first kappa shape index (κ1) is 31.6. The molecular formula is C20H24N8O12S2. The number of aromatic hydroxyl groups is 1. The molecule has 2 aromatic heterocycles. The van der Waals surface area contributed by atoms with Crippen LogP contribution in [0, 0.1) is 0 Å². The van der Waals surface area contributed by atoms with Crippen molar-refractivity contribution in [2.75, 3.05) is 12.3 Å². The summed E-state index contributed by atoms with van der Waals surface area (Å²) in [4.78, 5) is 69.6. The summed E-state index contributed by atoms with van der Waals surface area (Å²) in [5, 5.41) is 39.7. The predicted octanol–water partition coefficient (Wildman–Crippen LogP) is -2.59. The number of hydrogen-bond acceptors (Lipinski definition) is 14. The molecule has 2 atom stereocenters. The molecule has 3 rings (SSSR count). The third-order valence-electron chi connectivity index (χ3n) is 5.56. The van der Waals surface area contributed by atoms with Gasteiger partial charge in [-0.15, -0.1) is 11.3 Å². The predicted molar refractivity (Wildman–Crippen MR) is 140 cm³/mol.